The van der Waals surface area contributed by atoms with E-state index in [2.05, 4.69) is 208 Å². The Morgan fingerprint density at radius 1 is 0.330 bits per heavy atom. The number of rotatable bonds is 11. The van der Waals surface area contributed by atoms with Crippen LogP contribution in [0, 0.1) is 0 Å². The molecule has 1 fully saturated rings. The monoisotopic (exact) mass is 1670 g/mol. The molecule has 1 saturated heterocycles. The van der Waals surface area contributed by atoms with Crippen LogP contribution in [0.2, 0.25) is 5.28 Å². The molecule has 536 valence electrons. The Bertz CT molecular complexity index is 5390. The Morgan fingerprint density at radius 2 is 0.651 bits per heavy atom. The highest BCUT2D eigenvalue weighted by Crippen LogP contribution is 3.21. The molecule has 3 aliphatic heterocycles. The van der Waals surface area contributed by atoms with Gasteiger partial charge in [-0.15, -0.1) is 71.4 Å². The molecular formula is C78H78BClN6O6P14. The van der Waals surface area contributed by atoms with E-state index < -0.39 is 7.12 Å². The van der Waals surface area contributed by atoms with Crippen LogP contribution >= 0.6 is 125 Å². The maximum Gasteiger partial charge on any atom is 0.494 e. The fraction of sp³-hybridized carbons (Fsp3) is 0.154. The smallest absolute Gasteiger partial charge is 0.453 e. The summed E-state index contributed by atoms with van der Waals surface area (Å²) in [5, 5.41) is 4.50. The predicted octanol–water partition coefficient (Wildman–Crippen LogP) is 27.2. The number of nitrogens with zero attached hydrogens (tertiary/aromatic N) is 6. The van der Waals surface area contributed by atoms with Crippen LogP contribution in [0.3, 0.4) is 0 Å². The van der Waals surface area contributed by atoms with E-state index in [9.17, 15) is 0 Å². The summed E-state index contributed by atoms with van der Waals surface area (Å²) >= 11 is 5.99. The van der Waals surface area contributed by atoms with Crippen LogP contribution < -0.4 is 14.9 Å². The molecule has 0 bridgehead atoms. The molecule has 3 aliphatic rings. The summed E-state index contributed by atoms with van der Waals surface area (Å²) in [6.07, 6.45) is 0. The van der Waals surface area contributed by atoms with Gasteiger partial charge in [-0.25, -0.2) is 19.9 Å². The highest BCUT2D eigenvalue weighted by atomic mass is 35.5. The van der Waals surface area contributed by atoms with Crippen molar-refractivity contribution in [2.45, 2.75) is 77.4 Å². The molecule has 106 heavy (non-hydrogen) atoms. The SMILES string of the molecule is CC1(C)c2ccc(-c3nc(-c4ccccc4)nc(-c4ccccc4)n3)cc2Oc2c1ccc1c2oc2ccccc21.CC1(C)c2ccc(B3OC(C)(C)C(C)(C)O3)cc2Oc2c1ccc1c2oc2ccccc21.Clc1nc(-c2ccccc2)nc(-c2ccccc2)n1.PP(P)P(P(P)P)P(P(P)P)P(P)P. The standard InChI is InChI=1S/C36H25N3O2.C27H27BO4.C15H10ClN3.H16P14/c1-36(2)27-19-17-24(21-30(27)41-32-28(36)20-18-26-25-15-9-10-16-29(25)40-31(26)32)35-38-33(22-11-5-3-6-12-22)37-34(39-35)23-13-7-4-8-14-23;1-25(2)19-13-11-16(28-31-26(3,4)27(5,6)32-28)15-22(19)30-24-20(25)14-12-18-17-9-7-8-10-21(17)29-23(18)24;16-15-18-13(11-7-3-1-4-8-11)17-14(19-15)12-9-5-2-6-10-12;1-9(2)13(10(3)4)14(11(5)6)12(7)8/h3-21H,1-2H3;7-15H,1-6H3;1-10H;1-8H2. The molecule has 8 unspecified atom stereocenters. The van der Waals surface area contributed by atoms with Gasteiger partial charge in [0.1, 0.15) is 22.7 Å². The Kier molecular flexibility index (Phi) is 24.3. The number of benzene rings is 10. The first-order valence-electron chi connectivity index (χ1n) is 33.8. The molecule has 28 heteroatoms. The first-order chi connectivity index (χ1) is 50.8. The number of furan rings is 2. The summed E-state index contributed by atoms with van der Waals surface area (Å²) in [4.78, 5) is 27.5. The lowest BCUT2D eigenvalue weighted by Gasteiger charge is -2.37. The van der Waals surface area contributed by atoms with Gasteiger partial charge in [0.05, 0.1) is 11.2 Å². The van der Waals surface area contributed by atoms with Crippen molar-refractivity contribution in [1.29, 1.82) is 0 Å². The molecule has 12 nitrogen and oxygen atoms in total. The van der Waals surface area contributed by atoms with Crippen molar-refractivity contribution in [2.75, 3.05) is 0 Å². The van der Waals surface area contributed by atoms with Crippen LogP contribution in [0.25, 0.3) is 101 Å². The van der Waals surface area contributed by atoms with Gasteiger partial charge in [-0.2, -0.15) is 9.97 Å². The Hall–Kier alpha value is -4.29. The number of aromatic nitrogens is 6. The molecule has 8 atom stereocenters. The third kappa shape index (κ3) is 16.2. The van der Waals surface area contributed by atoms with E-state index in [4.69, 9.17) is 54.2 Å². The molecule has 0 radical (unpaired) electrons. The summed E-state index contributed by atoms with van der Waals surface area (Å²) in [5.74, 6) is 6.17. The lowest BCUT2D eigenvalue weighted by atomic mass is 9.72. The molecular weight excluding hydrogens is 1600 g/mol. The Labute approximate surface area is 649 Å². The van der Waals surface area contributed by atoms with E-state index in [-0.39, 0.29) is 69.2 Å². The van der Waals surface area contributed by atoms with E-state index in [1.807, 2.05) is 164 Å². The Morgan fingerprint density at radius 3 is 1.03 bits per heavy atom. The number of fused-ring (bicyclic) bond motifs is 12. The zero-order valence-electron chi connectivity index (χ0n) is 59.3. The fourth-order valence-corrected chi connectivity index (χ4v) is 160. The van der Waals surface area contributed by atoms with Crippen LogP contribution in [0.5, 0.6) is 23.0 Å². The fourth-order valence-electron chi connectivity index (χ4n) is 13.1. The van der Waals surface area contributed by atoms with Crippen molar-refractivity contribution in [3.05, 3.63) is 258 Å². The molecule has 0 amide bonds. The first kappa shape index (κ1) is 78.4. The van der Waals surface area contributed by atoms with Gasteiger partial charge < -0.3 is 27.6 Å². The maximum absolute atomic E-state index is 6.68. The van der Waals surface area contributed by atoms with Crippen molar-refractivity contribution in [3.63, 3.8) is 0 Å². The van der Waals surface area contributed by atoms with Gasteiger partial charge >= 0.3 is 7.12 Å². The van der Waals surface area contributed by atoms with Crippen molar-refractivity contribution in [1.82, 2.24) is 29.9 Å². The second-order valence-corrected chi connectivity index (χ2v) is 81.2. The van der Waals surface area contributed by atoms with Gasteiger partial charge in [0, 0.05) is 82.4 Å². The van der Waals surface area contributed by atoms with Crippen LogP contribution in [-0.2, 0) is 20.1 Å². The largest absolute Gasteiger partial charge is 0.494 e. The van der Waals surface area contributed by atoms with Gasteiger partial charge in [-0.05, 0) is 123 Å². The average molecular weight is 1680 g/mol. The van der Waals surface area contributed by atoms with Crippen molar-refractivity contribution < 1.29 is 27.6 Å². The summed E-state index contributed by atoms with van der Waals surface area (Å²) in [6.45, 7) is 17.9. The Balaban J connectivity index is 0.000000129. The summed E-state index contributed by atoms with van der Waals surface area (Å²) in [7, 11) is 23.9. The number of halogens is 1. The zero-order chi connectivity index (χ0) is 74.6. The van der Waals surface area contributed by atoms with Crippen LogP contribution in [0.4, 0.5) is 0 Å². The zero-order valence-corrected chi connectivity index (χ0v) is 74.7. The number of hydrogen-bond donors (Lipinski definition) is 0. The number of ether oxygens (including phenoxy) is 2. The van der Waals surface area contributed by atoms with E-state index in [0.29, 0.717) is 29.1 Å². The molecule has 14 aromatic rings. The van der Waals surface area contributed by atoms with Gasteiger partial charge in [0.2, 0.25) is 5.28 Å². The minimum atomic E-state index is -0.430. The quantitative estimate of drug-likeness (QED) is 0.0899. The molecule has 17 rings (SSSR count). The van der Waals surface area contributed by atoms with Crippen molar-refractivity contribution >= 4 is 181 Å². The predicted molar refractivity (Wildman–Crippen MR) is 485 cm³/mol. The lowest BCUT2D eigenvalue weighted by molar-refractivity contribution is 0.00578. The average Bonchev–Trinajstić information content (AvgIpc) is 1.39. The minimum absolute atomic E-state index is 0.0856. The van der Waals surface area contributed by atoms with Gasteiger partial charge in [-0.3, -0.25) is 0 Å². The molecule has 0 N–H and O–H groups in total. The normalized spacial score (nSPS) is 15.0. The highest BCUT2D eigenvalue weighted by molar-refractivity contribution is 9.27. The third-order valence-electron chi connectivity index (χ3n) is 19.2. The lowest BCUT2D eigenvalue weighted by Crippen LogP contribution is -2.41. The minimum Gasteiger partial charge on any atom is -0.453 e. The molecule has 0 aliphatic carbocycles. The molecule has 10 aromatic carbocycles. The first-order valence-corrected chi connectivity index (χ1v) is 58.7. The molecule has 7 heterocycles. The van der Waals surface area contributed by atoms with E-state index in [1.54, 1.807) is 0 Å². The van der Waals surface area contributed by atoms with E-state index in [0.717, 1.165) is 122 Å². The van der Waals surface area contributed by atoms with E-state index >= 15 is 0 Å². The third-order valence-corrected chi connectivity index (χ3v) is 98.3. The second kappa shape index (κ2) is 32.8. The summed E-state index contributed by atoms with van der Waals surface area (Å²) in [5.41, 5.74) is 12.0. The second-order valence-electron chi connectivity index (χ2n) is 27.4. The van der Waals surface area contributed by atoms with Crippen LogP contribution in [0.1, 0.15) is 77.6 Å². The van der Waals surface area contributed by atoms with Crippen molar-refractivity contribution in [2.24, 2.45) is 0 Å². The number of hydrogen-bond acceptors (Lipinski definition) is 12. The van der Waals surface area contributed by atoms with Gasteiger partial charge in [0.15, 0.2) is 51.8 Å². The summed E-state index contributed by atoms with van der Waals surface area (Å²) < 4.78 is 38.4. The molecule has 0 spiro atoms. The van der Waals surface area contributed by atoms with Crippen LogP contribution in [0.15, 0.2) is 239 Å². The van der Waals surface area contributed by atoms with E-state index in [1.165, 1.54) is 0 Å². The van der Waals surface area contributed by atoms with Crippen LogP contribution in [-0.4, -0.2) is 48.2 Å². The maximum atomic E-state index is 6.68. The number of para-hydroxylation sites is 2. The topological polar surface area (TPSA) is 141 Å². The van der Waals surface area contributed by atoms with Gasteiger partial charge in [-0.1, -0.05) is 222 Å². The van der Waals surface area contributed by atoms with Gasteiger partial charge in [0.25, 0.3) is 0 Å². The summed E-state index contributed by atoms with van der Waals surface area (Å²) in [6, 6.07) is 76.8. The molecule has 0 saturated carbocycles. The molecule has 4 aromatic heterocycles. The van der Waals surface area contributed by atoms with Crippen molar-refractivity contribution in [3.8, 4) is 79.9 Å². The highest BCUT2D eigenvalue weighted by Gasteiger charge is 2.52.